The van der Waals surface area contributed by atoms with Crippen molar-refractivity contribution in [2.45, 2.75) is 20.3 Å². The summed E-state index contributed by atoms with van der Waals surface area (Å²) in [4.78, 5) is 5.13. The third kappa shape index (κ3) is 6.30. The minimum Gasteiger partial charge on any atom is -0.313 e. The molecule has 1 heterocycles. The number of rotatable bonds is 8. The Morgan fingerprint density at radius 1 is 1.09 bits per heavy atom. The fourth-order valence-corrected chi connectivity index (χ4v) is 2.93. The van der Waals surface area contributed by atoms with Crippen LogP contribution in [0, 0.1) is 0 Å². The highest BCUT2D eigenvalue weighted by molar-refractivity contribution is 5.52. The van der Waals surface area contributed by atoms with Gasteiger partial charge in [0.25, 0.3) is 0 Å². The average Bonchev–Trinajstić information content (AvgIpc) is 2.56. The van der Waals surface area contributed by atoms with E-state index in [2.05, 4.69) is 65.4 Å². The zero-order chi connectivity index (χ0) is 15.6. The van der Waals surface area contributed by atoms with E-state index in [-0.39, 0.29) is 0 Å². The molecule has 0 atom stereocenters. The van der Waals surface area contributed by atoms with Crippen molar-refractivity contribution in [2.75, 3.05) is 52.4 Å². The highest BCUT2D eigenvalue weighted by atomic mass is 15.3. The summed E-state index contributed by atoms with van der Waals surface area (Å²) < 4.78 is 0. The fraction of sp³-hybridized carbons (Fsp3) is 0.579. The van der Waals surface area contributed by atoms with Crippen molar-refractivity contribution in [3.8, 4) is 0 Å². The summed E-state index contributed by atoms with van der Waals surface area (Å²) >= 11 is 0. The lowest BCUT2D eigenvalue weighted by Gasteiger charge is -2.34. The van der Waals surface area contributed by atoms with Gasteiger partial charge in [0, 0.05) is 32.7 Å². The summed E-state index contributed by atoms with van der Waals surface area (Å²) in [7, 11) is 0. The Hall–Kier alpha value is -1.16. The molecule has 0 aliphatic carbocycles. The first kappa shape index (κ1) is 17.2. The molecular weight excluding hydrogens is 270 g/mol. The quantitative estimate of drug-likeness (QED) is 0.745. The van der Waals surface area contributed by atoms with E-state index in [1.165, 1.54) is 56.8 Å². The SMILES string of the molecule is CCN1CCN(CCCNC/C(C)=C/c2ccccc2)CC1. The van der Waals surface area contributed by atoms with Crippen molar-refractivity contribution < 1.29 is 0 Å². The van der Waals surface area contributed by atoms with Crippen LogP contribution in [0.3, 0.4) is 0 Å². The molecule has 0 amide bonds. The average molecular weight is 301 g/mol. The molecule has 0 radical (unpaired) electrons. The number of benzene rings is 1. The maximum atomic E-state index is 3.56. The zero-order valence-corrected chi connectivity index (χ0v) is 14.2. The molecule has 0 bridgehead atoms. The first-order valence-electron chi connectivity index (χ1n) is 8.65. The highest BCUT2D eigenvalue weighted by Crippen LogP contribution is 2.05. The van der Waals surface area contributed by atoms with E-state index < -0.39 is 0 Å². The van der Waals surface area contributed by atoms with E-state index >= 15 is 0 Å². The molecule has 1 saturated heterocycles. The molecule has 122 valence electrons. The van der Waals surface area contributed by atoms with Crippen LogP contribution in [0.4, 0.5) is 0 Å². The van der Waals surface area contributed by atoms with Crippen molar-refractivity contribution in [3.63, 3.8) is 0 Å². The molecule has 22 heavy (non-hydrogen) atoms. The molecule has 0 aromatic heterocycles. The van der Waals surface area contributed by atoms with Gasteiger partial charge in [0.2, 0.25) is 0 Å². The number of piperazine rings is 1. The summed E-state index contributed by atoms with van der Waals surface area (Å²) in [6.45, 7) is 13.9. The van der Waals surface area contributed by atoms with E-state index in [1.807, 2.05) is 0 Å². The van der Waals surface area contributed by atoms with Gasteiger partial charge in [-0.1, -0.05) is 48.9 Å². The fourth-order valence-electron chi connectivity index (χ4n) is 2.93. The topological polar surface area (TPSA) is 18.5 Å². The molecular formula is C19H31N3. The summed E-state index contributed by atoms with van der Waals surface area (Å²) in [6.07, 6.45) is 3.50. The van der Waals surface area contributed by atoms with Crippen LogP contribution in [0.15, 0.2) is 35.9 Å². The molecule has 1 aromatic rings. The van der Waals surface area contributed by atoms with Gasteiger partial charge in [-0.3, -0.25) is 0 Å². The van der Waals surface area contributed by atoms with Crippen LogP contribution in [0.25, 0.3) is 6.08 Å². The van der Waals surface area contributed by atoms with Crippen LogP contribution in [0.1, 0.15) is 25.8 Å². The normalized spacial score (nSPS) is 17.8. The van der Waals surface area contributed by atoms with Gasteiger partial charge in [-0.05, 0) is 38.5 Å². The Morgan fingerprint density at radius 3 is 2.45 bits per heavy atom. The third-order valence-electron chi connectivity index (χ3n) is 4.36. The van der Waals surface area contributed by atoms with Crippen molar-refractivity contribution >= 4 is 6.08 Å². The third-order valence-corrected chi connectivity index (χ3v) is 4.36. The molecule has 1 aromatic carbocycles. The molecule has 0 unspecified atom stereocenters. The molecule has 3 nitrogen and oxygen atoms in total. The van der Waals surface area contributed by atoms with Gasteiger partial charge in [0.05, 0.1) is 0 Å². The molecule has 1 aliphatic heterocycles. The van der Waals surface area contributed by atoms with Gasteiger partial charge in [0.1, 0.15) is 0 Å². The molecule has 2 rings (SSSR count). The first-order valence-corrected chi connectivity index (χ1v) is 8.65. The second kappa shape index (κ2) is 9.78. The Balaban J connectivity index is 1.55. The van der Waals surface area contributed by atoms with Crippen LogP contribution < -0.4 is 5.32 Å². The lowest BCUT2D eigenvalue weighted by molar-refractivity contribution is 0.136. The van der Waals surface area contributed by atoms with Crippen LogP contribution in [0.5, 0.6) is 0 Å². The largest absolute Gasteiger partial charge is 0.313 e. The van der Waals surface area contributed by atoms with Crippen molar-refractivity contribution in [3.05, 3.63) is 41.5 Å². The van der Waals surface area contributed by atoms with Gasteiger partial charge in [-0.15, -0.1) is 0 Å². The predicted octanol–water partition coefficient (Wildman–Crippen LogP) is 2.71. The zero-order valence-electron chi connectivity index (χ0n) is 14.2. The van der Waals surface area contributed by atoms with E-state index in [4.69, 9.17) is 0 Å². The lowest BCUT2D eigenvalue weighted by Crippen LogP contribution is -2.46. The summed E-state index contributed by atoms with van der Waals surface area (Å²) in [5.41, 5.74) is 2.68. The van der Waals surface area contributed by atoms with Crippen LogP contribution in [0.2, 0.25) is 0 Å². The highest BCUT2D eigenvalue weighted by Gasteiger charge is 2.14. The second-order valence-electron chi connectivity index (χ2n) is 6.21. The predicted molar refractivity (Wildman–Crippen MR) is 96.1 cm³/mol. The monoisotopic (exact) mass is 301 g/mol. The summed E-state index contributed by atoms with van der Waals surface area (Å²) in [6, 6.07) is 10.5. The summed E-state index contributed by atoms with van der Waals surface area (Å²) in [5, 5.41) is 3.56. The molecule has 1 fully saturated rings. The molecule has 1 N–H and O–H groups in total. The van der Waals surface area contributed by atoms with Crippen LogP contribution in [-0.2, 0) is 0 Å². The van der Waals surface area contributed by atoms with Crippen molar-refractivity contribution in [2.24, 2.45) is 0 Å². The maximum absolute atomic E-state index is 3.56. The Kier molecular flexibility index (Phi) is 7.64. The molecule has 3 heteroatoms. The number of hydrogen-bond donors (Lipinski definition) is 1. The molecule has 0 saturated carbocycles. The van der Waals surface area contributed by atoms with E-state index in [0.29, 0.717) is 0 Å². The minimum absolute atomic E-state index is 0.985. The molecule has 0 spiro atoms. The number of nitrogens with one attached hydrogen (secondary N) is 1. The Morgan fingerprint density at radius 2 is 1.77 bits per heavy atom. The number of likely N-dealkylation sites (N-methyl/N-ethyl adjacent to an activating group) is 1. The maximum Gasteiger partial charge on any atom is 0.0165 e. The molecule has 1 aliphatic rings. The van der Waals surface area contributed by atoms with Gasteiger partial charge >= 0.3 is 0 Å². The lowest BCUT2D eigenvalue weighted by atomic mass is 10.1. The Bertz CT molecular complexity index is 433. The number of nitrogens with zero attached hydrogens (tertiary/aromatic N) is 2. The van der Waals surface area contributed by atoms with Gasteiger partial charge in [-0.2, -0.15) is 0 Å². The van der Waals surface area contributed by atoms with Crippen LogP contribution >= 0.6 is 0 Å². The first-order chi connectivity index (χ1) is 10.8. The Labute approximate surface area is 136 Å². The smallest absolute Gasteiger partial charge is 0.0165 e. The van der Waals surface area contributed by atoms with E-state index in [9.17, 15) is 0 Å². The van der Waals surface area contributed by atoms with Gasteiger partial charge in [-0.25, -0.2) is 0 Å². The van der Waals surface area contributed by atoms with Crippen molar-refractivity contribution in [1.29, 1.82) is 0 Å². The van der Waals surface area contributed by atoms with Gasteiger partial charge < -0.3 is 15.1 Å². The van der Waals surface area contributed by atoms with Crippen LogP contribution in [-0.4, -0.2) is 62.2 Å². The number of hydrogen-bond acceptors (Lipinski definition) is 3. The van der Waals surface area contributed by atoms with Gasteiger partial charge in [0.15, 0.2) is 0 Å². The summed E-state index contributed by atoms with van der Waals surface area (Å²) in [5.74, 6) is 0. The van der Waals surface area contributed by atoms with E-state index in [0.717, 1.165) is 13.1 Å². The second-order valence-corrected chi connectivity index (χ2v) is 6.21. The minimum atomic E-state index is 0.985. The standard InChI is InChI=1S/C19H31N3/c1-3-21-12-14-22(15-13-21)11-7-10-20-17-18(2)16-19-8-5-4-6-9-19/h4-6,8-9,16,20H,3,7,10-15,17H2,1-2H3/b18-16+. The van der Waals surface area contributed by atoms with Crippen molar-refractivity contribution in [1.82, 2.24) is 15.1 Å². The van der Waals surface area contributed by atoms with E-state index in [1.54, 1.807) is 0 Å².